The molecule has 59 heavy (non-hydrogen) atoms. The van der Waals surface area contributed by atoms with Gasteiger partial charge in [0.25, 0.3) is 5.56 Å². The Hall–Kier alpha value is -5.21. The molecule has 5 aliphatic rings. The van der Waals surface area contributed by atoms with Crippen molar-refractivity contribution < 1.29 is 14.4 Å². The highest BCUT2D eigenvalue weighted by atomic mass is 16.2. The largest absolute Gasteiger partial charge is 0.372 e. The number of likely N-dealkylation sites (tertiary alicyclic amines) is 1. The first-order chi connectivity index (χ1) is 28.6. The molecule has 1 aromatic carbocycles. The molecule has 14 heteroatoms. The van der Waals surface area contributed by atoms with E-state index in [1.54, 1.807) is 24.7 Å². The number of rotatable bonds is 9. The van der Waals surface area contributed by atoms with E-state index in [0.29, 0.717) is 41.7 Å². The number of pyridine rings is 2. The zero-order chi connectivity index (χ0) is 40.8. The summed E-state index contributed by atoms with van der Waals surface area (Å²) in [6.45, 7) is 12.0. The van der Waals surface area contributed by atoms with Gasteiger partial charge in [-0.25, -0.2) is 9.97 Å². The molecule has 4 aliphatic heterocycles. The molecule has 2 unspecified atom stereocenters. The lowest BCUT2D eigenvalue weighted by Gasteiger charge is -2.37. The third-order valence-electron chi connectivity index (χ3n) is 13.7. The van der Waals surface area contributed by atoms with Gasteiger partial charge in [-0.15, -0.1) is 0 Å². The number of likely N-dealkylation sites (N-methyl/N-ethyl adjacent to an activating group) is 1. The minimum absolute atomic E-state index is 0.0249. The number of piperidine rings is 1. The summed E-state index contributed by atoms with van der Waals surface area (Å²) in [5.74, 6) is 1.30. The smallest absolute Gasteiger partial charge is 0.263 e. The second-order valence-electron chi connectivity index (χ2n) is 17.4. The molecule has 3 aromatic heterocycles. The van der Waals surface area contributed by atoms with Crippen molar-refractivity contribution in [1.82, 2.24) is 34.2 Å². The van der Waals surface area contributed by atoms with Crippen LogP contribution in [0.25, 0.3) is 11.0 Å². The van der Waals surface area contributed by atoms with Crippen molar-refractivity contribution in [3.8, 4) is 0 Å². The van der Waals surface area contributed by atoms with E-state index in [1.165, 1.54) is 47.9 Å². The molecule has 2 amide bonds. The number of piperazine rings is 1. The van der Waals surface area contributed by atoms with Gasteiger partial charge in [-0.3, -0.25) is 38.4 Å². The maximum absolute atomic E-state index is 13.6. The number of aryl methyl sites for hydroxylation is 1. The number of amides is 2. The van der Waals surface area contributed by atoms with Gasteiger partial charge in [-0.1, -0.05) is 18.9 Å². The predicted molar refractivity (Wildman–Crippen MR) is 228 cm³/mol. The number of hydrogen-bond donors (Lipinski definition) is 1. The standard InChI is InChI=1S/C45H56N10O4/c1-29-37-25-47-45(49-42(37)55(34-8-4-5-9-34)44(59)41(29)30(2)56)48-39-14-12-36(24-46-39)53-21-19-51(20-22-53)26-31-7-6-17-52(18-16-31)35-11-10-32-27-54(28-33(32)23-35)38-13-15-40(57)50(3)43(38)58/h10-12,14,23-25,31,34,38H,4-9,13,15-22,26-28H2,1-3H3,(H,46,47,48,49). The van der Waals surface area contributed by atoms with E-state index in [-0.39, 0.29) is 40.8 Å². The highest BCUT2D eigenvalue weighted by molar-refractivity contribution is 6.00. The van der Waals surface area contributed by atoms with Gasteiger partial charge < -0.3 is 15.1 Å². The number of fused-ring (bicyclic) bond motifs is 2. The number of ketones is 1. The maximum atomic E-state index is 13.6. The van der Waals surface area contributed by atoms with Gasteiger partial charge in [0, 0.05) is 95.7 Å². The number of aromatic nitrogens is 4. The molecule has 14 nitrogen and oxygen atoms in total. The van der Waals surface area contributed by atoms with Crippen molar-refractivity contribution in [1.29, 1.82) is 0 Å². The average molecular weight is 801 g/mol. The first kappa shape index (κ1) is 39.3. The van der Waals surface area contributed by atoms with Crippen LogP contribution in [0.2, 0.25) is 0 Å². The van der Waals surface area contributed by atoms with Crippen molar-refractivity contribution in [3.63, 3.8) is 0 Å². The van der Waals surface area contributed by atoms with Crippen LogP contribution in [0.4, 0.5) is 23.1 Å². The van der Waals surface area contributed by atoms with Crippen molar-refractivity contribution in [2.75, 3.05) is 68.0 Å². The minimum atomic E-state index is -0.257. The van der Waals surface area contributed by atoms with Crippen LogP contribution in [0, 0.1) is 12.8 Å². The first-order valence-corrected chi connectivity index (χ1v) is 21.7. The Morgan fingerprint density at radius 1 is 0.814 bits per heavy atom. The fraction of sp³-hybridized carbons (Fsp3) is 0.533. The molecule has 0 bridgehead atoms. The fourth-order valence-electron chi connectivity index (χ4n) is 10.3. The van der Waals surface area contributed by atoms with Crippen molar-refractivity contribution in [3.05, 3.63) is 75.3 Å². The minimum Gasteiger partial charge on any atom is -0.372 e. The molecule has 1 aliphatic carbocycles. The molecular formula is C45H56N10O4. The Morgan fingerprint density at radius 2 is 1.58 bits per heavy atom. The van der Waals surface area contributed by atoms with Crippen LogP contribution in [0.1, 0.15) is 97.8 Å². The Bertz CT molecular complexity index is 2310. The van der Waals surface area contributed by atoms with E-state index < -0.39 is 0 Å². The average Bonchev–Trinajstić information content (AvgIpc) is 3.86. The van der Waals surface area contributed by atoms with E-state index in [9.17, 15) is 19.2 Å². The normalized spacial score (nSPS) is 22.3. The van der Waals surface area contributed by atoms with Gasteiger partial charge >= 0.3 is 0 Å². The van der Waals surface area contributed by atoms with Crippen LogP contribution in [0.15, 0.2) is 47.5 Å². The Balaban J connectivity index is 0.771. The van der Waals surface area contributed by atoms with Gasteiger partial charge in [0.05, 0.1) is 23.5 Å². The van der Waals surface area contributed by atoms with Crippen LogP contribution < -0.4 is 20.7 Å². The molecule has 7 heterocycles. The number of imide groups is 1. The summed E-state index contributed by atoms with van der Waals surface area (Å²) in [5, 5.41) is 3.98. The summed E-state index contributed by atoms with van der Waals surface area (Å²) < 4.78 is 1.73. The van der Waals surface area contributed by atoms with E-state index in [1.807, 2.05) is 12.3 Å². The maximum Gasteiger partial charge on any atom is 0.263 e. The van der Waals surface area contributed by atoms with E-state index in [4.69, 9.17) is 9.97 Å². The van der Waals surface area contributed by atoms with Gasteiger partial charge in [0.15, 0.2) is 5.78 Å². The van der Waals surface area contributed by atoms with Crippen LogP contribution in [0.3, 0.4) is 0 Å². The summed E-state index contributed by atoms with van der Waals surface area (Å²) in [6.07, 6.45) is 12.2. The zero-order valence-electron chi connectivity index (χ0n) is 34.7. The van der Waals surface area contributed by atoms with E-state index in [2.05, 4.69) is 54.2 Å². The number of hydrogen-bond acceptors (Lipinski definition) is 12. The van der Waals surface area contributed by atoms with Crippen molar-refractivity contribution >= 4 is 51.8 Å². The summed E-state index contributed by atoms with van der Waals surface area (Å²) in [5.41, 5.74) is 6.14. The molecule has 0 radical (unpaired) electrons. The van der Waals surface area contributed by atoms with Gasteiger partial charge in [0.1, 0.15) is 11.5 Å². The number of carbonyl (C=O) groups is 3. The summed E-state index contributed by atoms with van der Waals surface area (Å²) in [7, 11) is 1.61. The lowest BCUT2D eigenvalue weighted by molar-refractivity contribution is -0.151. The number of nitrogens with zero attached hydrogens (tertiary/aromatic N) is 9. The van der Waals surface area contributed by atoms with E-state index >= 15 is 0 Å². The SMILES string of the molecule is CC(=O)c1c(C)c2cnc(Nc3ccc(N4CCN(CC5CCCN(c6ccc7c(c6)CN(C6CCC(=O)N(C)C6=O)C7)CC5)CC4)cn3)nc2n(C2CCCC2)c1=O. The third-order valence-corrected chi connectivity index (χ3v) is 13.7. The second-order valence-corrected chi connectivity index (χ2v) is 17.4. The molecule has 2 atom stereocenters. The fourth-order valence-corrected chi connectivity index (χ4v) is 10.3. The molecule has 0 spiro atoms. The van der Waals surface area contributed by atoms with E-state index in [0.717, 1.165) is 95.7 Å². The monoisotopic (exact) mass is 800 g/mol. The van der Waals surface area contributed by atoms with Gasteiger partial charge in [0.2, 0.25) is 17.8 Å². The van der Waals surface area contributed by atoms with Crippen LogP contribution in [-0.4, -0.2) is 111 Å². The first-order valence-electron chi connectivity index (χ1n) is 21.7. The molecule has 3 saturated heterocycles. The number of anilines is 4. The number of nitrogens with one attached hydrogen (secondary N) is 1. The quantitative estimate of drug-likeness (QED) is 0.170. The Kier molecular flexibility index (Phi) is 10.9. The molecule has 1 saturated carbocycles. The third kappa shape index (κ3) is 7.84. The summed E-state index contributed by atoms with van der Waals surface area (Å²) in [6, 6.07) is 10.7. The van der Waals surface area contributed by atoms with Crippen molar-refractivity contribution in [2.45, 2.75) is 96.8 Å². The number of Topliss-reactive ketones (excluding diaryl/α,β-unsaturated/α-hetero) is 1. The van der Waals surface area contributed by atoms with Gasteiger partial charge in [-0.2, -0.15) is 4.98 Å². The Morgan fingerprint density at radius 3 is 2.34 bits per heavy atom. The highest BCUT2D eigenvalue weighted by Crippen LogP contribution is 2.34. The molecule has 9 rings (SSSR count). The van der Waals surface area contributed by atoms with Crippen molar-refractivity contribution in [2.24, 2.45) is 5.92 Å². The number of benzene rings is 1. The molecule has 4 fully saturated rings. The molecule has 1 N–H and O–H groups in total. The molecule has 4 aromatic rings. The molecular weight excluding hydrogens is 745 g/mol. The lowest BCUT2D eigenvalue weighted by atomic mass is 9.99. The number of carbonyl (C=O) groups excluding carboxylic acids is 3. The second kappa shape index (κ2) is 16.4. The summed E-state index contributed by atoms with van der Waals surface area (Å²) in [4.78, 5) is 76.2. The van der Waals surface area contributed by atoms with Crippen LogP contribution in [-0.2, 0) is 22.7 Å². The topological polar surface area (TPSA) is 140 Å². The molecule has 310 valence electrons. The highest BCUT2D eigenvalue weighted by Gasteiger charge is 2.38. The lowest BCUT2D eigenvalue weighted by Crippen LogP contribution is -2.51. The Labute approximate surface area is 345 Å². The van der Waals surface area contributed by atoms with Gasteiger partial charge in [-0.05, 0) is 99.2 Å². The summed E-state index contributed by atoms with van der Waals surface area (Å²) >= 11 is 0. The predicted octanol–water partition coefficient (Wildman–Crippen LogP) is 5.45. The zero-order valence-corrected chi connectivity index (χ0v) is 34.7. The van der Waals surface area contributed by atoms with Crippen LogP contribution >= 0.6 is 0 Å². The van der Waals surface area contributed by atoms with Crippen LogP contribution in [0.5, 0.6) is 0 Å².